The summed E-state index contributed by atoms with van der Waals surface area (Å²) in [5.74, 6) is 1.68. The van der Waals surface area contributed by atoms with Crippen LogP contribution in [-0.4, -0.2) is 22.6 Å². The van der Waals surface area contributed by atoms with Gasteiger partial charge >= 0.3 is 5.97 Å². The van der Waals surface area contributed by atoms with Crippen molar-refractivity contribution in [3.63, 3.8) is 0 Å². The van der Waals surface area contributed by atoms with Crippen LogP contribution >= 0.6 is 0 Å². The first-order valence-corrected chi connectivity index (χ1v) is 6.23. The van der Waals surface area contributed by atoms with Gasteiger partial charge in [-0.15, -0.1) is 0 Å². The van der Waals surface area contributed by atoms with E-state index in [0.29, 0.717) is 5.92 Å². The van der Waals surface area contributed by atoms with Gasteiger partial charge in [0.2, 0.25) is 0 Å². The molecule has 94 valence electrons. The van der Waals surface area contributed by atoms with Crippen molar-refractivity contribution in [1.29, 1.82) is 0 Å². The van der Waals surface area contributed by atoms with Crippen LogP contribution in [-0.2, 0) is 28.9 Å². The molecule has 4 heteroatoms. The molecule has 0 amide bonds. The van der Waals surface area contributed by atoms with Gasteiger partial charge in [0.1, 0.15) is 5.82 Å². The summed E-state index contributed by atoms with van der Waals surface area (Å²) in [6, 6.07) is 0. The summed E-state index contributed by atoms with van der Waals surface area (Å²) < 4.78 is 7.07. The van der Waals surface area contributed by atoms with Crippen molar-refractivity contribution in [3.8, 4) is 0 Å². The zero-order valence-electron chi connectivity index (χ0n) is 10.8. The van der Waals surface area contributed by atoms with Gasteiger partial charge in [-0.25, -0.2) is 4.98 Å². The van der Waals surface area contributed by atoms with Crippen molar-refractivity contribution in [2.75, 3.05) is 7.11 Å². The first-order chi connectivity index (χ1) is 8.11. The molecule has 4 nitrogen and oxygen atoms in total. The van der Waals surface area contributed by atoms with E-state index in [-0.39, 0.29) is 11.9 Å². The van der Waals surface area contributed by atoms with Gasteiger partial charge in [-0.1, -0.05) is 13.8 Å². The smallest absolute Gasteiger partial charge is 0.309 e. The molecule has 1 aromatic rings. The van der Waals surface area contributed by atoms with Crippen LogP contribution in [0.25, 0.3) is 0 Å². The van der Waals surface area contributed by atoms with Crippen LogP contribution in [0.15, 0.2) is 6.20 Å². The van der Waals surface area contributed by atoms with Crippen molar-refractivity contribution in [2.24, 2.45) is 11.8 Å². The molecule has 0 N–H and O–H groups in total. The van der Waals surface area contributed by atoms with Crippen molar-refractivity contribution in [2.45, 2.75) is 39.7 Å². The van der Waals surface area contributed by atoms with Crippen LogP contribution in [0, 0.1) is 11.8 Å². The van der Waals surface area contributed by atoms with Gasteiger partial charge in [0, 0.05) is 31.3 Å². The van der Waals surface area contributed by atoms with E-state index in [9.17, 15) is 4.79 Å². The minimum atomic E-state index is -0.0946. The maximum absolute atomic E-state index is 11.5. The van der Waals surface area contributed by atoms with E-state index in [1.165, 1.54) is 12.8 Å². The Morgan fingerprint density at radius 1 is 1.65 bits per heavy atom. The molecule has 0 saturated carbocycles. The van der Waals surface area contributed by atoms with Crippen molar-refractivity contribution in [1.82, 2.24) is 9.55 Å². The lowest BCUT2D eigenvalue weighted by molar-refractivity contribution is -0.146. The SMILES string of the molecule is COC(=O)C1CCn2c(cnc2CC(C)C)C1. The van der Waals surface area contributed by atoms with E-state index in [1.54, 1.807) is 0 Å². The van der Waals surface area contributed by atoms with Crippen LogP contribution in [0.3, 0.4) is 0 Å². The van der Waals surface area contributed by atoms with Gasteiger partial charge in [-0.2, -0.15) is 0 Å². The Labute approximate surface area is 102 Å². The fraction of sp³-hybridized carbons (Fsp3) is 0.692. The Hall–Kier alpha value is -1.32. The Morgan fingerprint density at radius 2 is 2.41 bits per heavy atom. The highest BCUT2D eigenvalue weighted by atomic mass is 16.5. The molecule has 0 spiro atoms. The summed E-state index contributed by atoms with van der Waals surface area (Å²) in [6.45, 7) is 5.28. The molecule has 0 saturated heterocycles. The second-order valence-electron chi connectivity index (χ2n) is 5.13. The lowest BCUT2D eigenvalue weighted by atomic mass is 9.96. The molecular formula is C13H20N2O2. The van der Waals surface area contributed by atoms with E-state index in [1.807, 2.05) is 6.20 Å². The number of rotatable bonds is 3. The van der Waals surface area contributed by atoms with E-state index in [0.717, 1.165) is 31.6 Å². The standard InChI is InChI=1S/C13H20N2O2/c1-9(2)6-12-14-8-11-7-10(13(16)17-3)4-5-15(11)12/h8-10H,4-7H2,1-3H3. The summed E-state index contributed by atoms with van der Waals surface area (Å²) in [6.07, 6.45) is 4.54. The third-order valence-corrected chi connectivity index (χ3v) is 3.30. The Kier molecular flexibility index (Phi) is 3.50. The van der Waals surface area contributed by atoms with E-state index in [2.05, 4.69) is 23.4 Å². The molecule has 17 heavy (non-hydrogen) atoms. The highest BCUT2D eigenvalue weighted by Crippen LogP contribution is 2.23. The molecule has 2 rings (SSSR count). The fourth-order valence-corrected chi connectivity index (χ4v) is 2.43. The number of esters is 1. The molecule has 0 bridgehead atoms. The minimum Gasteiger partial charge on any atom is -0.469 e. The number of carbonyl (C=O) groups is 1. The average Bonchev–Trinajstić information content (AvgIpc) is 2.70. The number of methoxy groups -OCH3 is 1. The summed E-state index contributed by atoms with van der Waals surface area (Å²) in [7, 11) is 1.46. The van der Waals surface area contributed by atoms with Crippen molar-refractivity contribution >= 4 is 5.97 Å². The van der Waals surface area contributed by atoms with Crippen LogP contribution in [0.4, 0.5) is 0 Å². The number of imidazole rings is 1. The maximum atomic E-state index is 11.5. The predicted molar refractivity (Wildman–Crippen MR) is 64.6 cm³/mol. The van der Waals surface area contributed by atoms with Gasteiger partial charge < -0.3 is 9.30 Å². The third-order valence-electron chi connectivity index (χ3n) is 3.30. The first kappa shape index (κ1) is 12.1. The highest BCUT2D eigenvalue weighted by Gasteiger charge is 2.27. The number of hydrogen-bond acceptors (Lipinski definition) is 3. The van der Waals surface area contributed by atoms with Crippen LogP contribution in [0.2, 0.25) is 0 Å². The number of aromatic nitrogens is 2. The predicted octanol–water partition coefficient (Wildman–Crippen LogP) is 1.82. The molecule has 0 radical (unpaired) electrons. The van der Waals surface area contributed by atoms with Gasteiger partial charge in [-0.05, 0) is 12.3 Å². The number of nitrogens with zero attached hydrogens (tertiary/aromatic N) is 2. The van der Waals surface area contributed by atoms with Crippen LogP contribution in [0.1, 0.15) is 31.8 Å². The average molecular weight is 236 g/mol. The Morgan fingerprint density at radius 3 is 3.06 bits per heavy atom. The topological polar surface area (TPSA) is 44.1 Å². The zero-order valence-corrected chi connectivity index (χ0v) is 10.8. The molecule has 1 aliphatic heterocycles. The molecule has 2 heterocycles. The zero-order chi connectivity index (χ0) is 12.4. The van der Waals surface area contributed by atoms with E-state index >= 15 is 0 Å². The molecule has 1 aromatic heterocycles. The molecule has 1 atom stereocenters. The van der Waals surface area contributed by atoms with E-state index in [4.69, 9.17) is 4.74 Å². The van der Waals surface area contributed by atoms with Gasteiger partial charge in [0.15, 0.2) is 0 Å². The second-order valence-corrected chi connectivity index (χ2v) is 5.13. The normalized spacial score (nSPS) is 19.2. The minimum absolute atomic E-state index is 0.0103. The maximum Gasteiger partial charge on any atom is 0.309 e. The van der Waals surface area contributed by atoms with Crippen LogP contribution in [0.5, 0.6) is 0 Å². The molecular weight excluding hydrogens is 216 g/mol. The molecule has 1 unspecified atom stereocenters. The van der Waals surface area contributed by atoms with Crippen molar-refractivity contribution < 1.29 is 9.53 Å². The van der Waals surface area contributed by atoms with Crippen molar-refractivity contribution in [3.05, 3.63) is 17.7 Å². The van der Waals surface area contributed by atoms with Gasteiger partial charge in [0.05, 0.1) is 13.0 Å². The number of hydrogen-bond donors (Lipinski definition) is 0. The highest BCUT2D eigenvalue weighted by molar-refractivity contribution is 5.72. The summed E-state index contributed by atoms with van der Waals surface area (Å²) >= 11 is 0. The van der Waals surface area contributed by atoms with Crippen LogP contribution < -0.4 is 0 Å². The fourth-order valence-electron chi connectivity index (χ4n) is 2.43. The Bertz CT molecular complexity index is 410. The lowest BCUT2D eigenvalue weighted by Gasteiger charge is -2.23. The second kappa shape index (κ2) is 4.90. The molecule has 1 aliphatic rings. The lowest BCUT2D eigenvalue weighted by Crippen LogP contribution is -2.27. The largest absolute Gasteiger partial charge is 0.469 e. The molecule has 0 aliphatic carbocycles. The monoisotopic (exact) mass is 236 g/mol. The molecule has 0 aromatic carbocycles. The number of ether oxygens (including phenoxy) is 1. The molecule has 0 fully saturated rings. The Balaban J connectivity index is 2.13. The van der Waals surface area contributed by atoms with Gasteiger partial charge in [0.25, 0.3) is 0 Å². The quantitative estimate of drug-likeness (QED) is 0.752. The number of fused-ring (bicyclic) bond motifs is 1. The summed E-state index contributed by atoms with van der Waals surface area (Å²) in [5.41, 5.74) is 1.17. The first-order valence-electron chi connectivity index (χ1n) is 6.23. The van der Waals surface area contributed by atoms with E-state index < -0.39 is 0 Å². The number of carbonyl (C=O) groups excluding carboxylic acids is 1. The van der Waals surface area contributed by atoms with Gasteiger partial charge in [-0.3, -0.25) is 4.79 Å². The third kappa shape index (κ3) is 2.51. The summed E-state index contributed by atoms with van der Waals surface area (Å²) in [5, 5.41) is 0. The summed E-state index contributed by atoms with van der Waals surface area (Å²) in [4.78, 5) is 16.0.